The fourth-order valence-electron chi connectivity index (χ4n) is 2.30. The van der Waals surface area contributed by atoms with Crippen molar-refractivity contribution in [3.8, 4) is 11.5 Å². The van der Waals surface area contributed by atoms with Gasteiger partial charge in [-0.25, -0.2) is 0 Å². The predicted molar refractivity (Wildman–Crippen MR) is 85.4 cm³/mol. The molecule has 1 heterocycles. The summed E-state index contributed by atoms with van der Waals surface area (Å²) in [4.78, 5) is 15.1. The zero-order chi connectivity index (χ0) is 15.4. The van der Waals surface area contributed by atoms with E-state index in [-0.39, 0.29) is 5.56 Å². The summed E-state index contributed by atoms with van der Waals surface area (Å²) in [7, 11) is 1.61. The molecule has 0 aliphatic carbocycles. The van der Waals surface area contributed by atoms with Crippen LogP contribution in [0, 0.1) is 5.92 Å². The van der Waals surface area contributed by atoms with Crippen molar-refractivity contribution in [2.75, 3.05) is 13.7 Å². The van der Waals surface area contributed by atoms with Gasteiger partial charge in [-0.1, -0.05) is 20.8 Å². The summed E-state index contributed by atoms with van der Waals surface area (Å²) in [6, 6.07) is 5.65. The quantitative estimate of drug-likeness (QED) is 0.885. The van der Waals surface area contributed by atoms with Crippen molar-refractivity contribution < 1.29 is 9.47 Å². The molecular formula is C17H23NO3. The first-order valence-electron chi connectivity index (χ1n) is 7.42. The standard InChI is InChI=1S/C17H23NO3/c1-5-13-16(21-9-8-11(2)3)14-7-6-12(20-4)10-15(14)18-17(13)19/h6-7,10-11H,5,8-9H2,1-4H3,(H,18,19). The van der Waals surface area contributed by atoms with Gasteiger partial charge in [0.15, 0.2) is 0 Å². The highest BCUT2D eigenvalue weighted by Crippen LogP contribution is 2.29. The second kappa shape index (κ2) is 6.66. The molecule has 0 spiro atoms. The molecule has 2 rings (SSSR count). The molecule has 0 radical (unpaired) electrons. The highest BCUT2D eigenvalue weighted by Gasteiger charge is 2.13. The zero-order valence-electron chi connectivity index (χ0n) is 13.2. The molecule has 4 nitrogen and oxygen atoms in total. The molecular weight excluding hydrogens is 266 g/mol. The number of benzene rings is 1. The van der Waals surface area contributed by atoms with Crippen LogP contribution in [0.1, 0.15) is 32.8 Å². The lowest BCUT2D eigenvalue weighted by Crippen LogP contribution is -2.15. The normalized spacial score (nSPS) is 11.1. The van der Waals surface area contributed by atoms with Crippen LogP contribution in [-0.4, -0.2) is 18.7 Å². The van der Waals surface area contributed by atoms with E-state index in [4.69, 9.17) is 9.47 Å². The van der Waals surface area contributed by atoms with E-state index in [0.29, 0.717) is 30.3 Å². The summed E-state index contributed by atoms with van der Waals surface area (Å²) < 4.78 is 11.2. The van der Waals surface area contributed by atoms with Gasteiger partial charge in [0.05, 0.1) is 24.8 Å². The van der Waals surface area contributed by atoms with E-state index in [2.05, 4.69) is 18.8 Å². The lowest BCUT2D eigenvalue weighted by molar-refractivity contribution is 0.289. The molecule has 0 atom stereocenters. The van der Waals surface area contributed by atoms with Gasteiger partial charge in [-0.05, 0) is 30.9 Å². The Hall–Kier alpha value is -1.97. The number of rotatable bonds is 6. The summed E-state index contributed by atoms with van der Waals surface area (Å²) in [5.41, 5.74) is 1.37. The van der Waals surface area contributed by atoms with Crippen molar-refractivity contribution in [2.24, 2.45) is 5.92 Å². The van der Waals surface area contributed by atoms with Crippen LogP contribution in [0.4, 0.5) is 0 Å². The molecule has 2 aromatic rings. The second-order valence-corrected chi connectivity index (χ2v) is 5.56. The van der Waals surface area contributed by atoms with Crippen LogP contribution < -0.4 is 15.0 Å². The van der Waals surface area contributed by atoms with Crippen LogP contribution >= 0.6 is 0 Å². The molecule has 4 heteroatoms. The van der Waals surface area contributed by atoms with Crippen molar-refractivity contribution in [1.29, 1.82) is 0 Å². The number of fused-ring (bicyclic) bond motifs is 1. The molecule has 0 fully saturated rings. The van der Waals surface area contributed by atoms with E-state index in [9.17, 15) is 4.79 Å². The van der Waals surface area contributed by atoms with Gasteiger partial charge in [0, 0.05) is 11.5 Å². The fourth-order valence-corrected chi connectivity index (χ4v) is 2.30. The first-order valence-corrected chi connectivity index (χ1v) is 7.42. The molecule has 1 N–H and O–H groups in total. The minimum absolute atomic E-state index is 0.0854. The number of aromatic nitrogens is 1. The van der Waals surface area contributed by atoms with Crippen LogP contribution in [0.2, 0.25) is 0 Å². The van der Waals surface area contributed by atoms with Gasteiger partial charge in [-0.2, -0.15) is 0 Å². The summed E-state index contributed by atoms with van der Waals surface area (Å²) in [6.07, 6.45) is 1.61. The highest BCUT2D eigenvalue weighted by atomic mass is 16.5. The van der Waals surface area contributed by atoms with E-state index >= 15 is 0 Å². The maximum Gasteiger partial charge on any atom is 0.255 e. The van der Waals surface area contributed by atoms with Gasteiger partial charge in [0.2, 0.25) is 0 Å². The van der Waals surface area contributed by atoms with Gasteiger partial charge < -0.3 is 14.5 Å². The number of aromatic amines is 1. The van der Waals surface area contributed by atoms with Crippen LogP contribution in [0.3, 0.4) is 0 Å². The SMILES string of the molecule is CCc1c(OCCC(C)C)c2ccc(OC)cc2[nH]c1=O. The monoisotopic (exact) mass is 289 g/mol. The Morgan fingerprint density at radius 3 is 2.67 bits per heavy atom. The Balaban J connectivity index is 2.50. The number of hydrogen-bond acceptors (Lipinski definition) is 3. The number of pyridine rings is 1. The van der Waals surface area contributed by atoms with Crippen molar-refractivity contribution in [3.05, 3.63) is 34.1 Å². The van der Waals surface area contributed by atoms with E-state index in [0.717, 1.165) is 23.1 Å². The summed E-state index contributed by atoms with van der Waals surface area (Å²) >= 11 is 0. The highest BCUT2D eigenvalue weighted by molar-refractivity contribution is 5.87. The first-order chi connectivity index (χ1) is 10.1. The Morgan fingerprint density at radius 2 is 2.05 bits per heavy atom. The van der Waals surface area contributed by atoms with Crippen molar-refractivity contribution >= 4 is 10.9 Å². The molecule has 0 aliphatic heterocycles. The Kier molecular flexibility index (Phi) is 4.89. The number of hydrogen-bond donors (Lipinski definition) is 1. The van der Waals surface area contributed by atoms with Gasteiger partial charge >= 0.3 is 0 Å². The summed E-state index contributed by atoms with van der Waals surface area (Å²) in [5, 5.41) is 0.927. The van der Waals surface area contributed by atoms with Gasteiger partial charge in [0.1, 0.15) is 11.5 Å². The molecule has 0 amide bonds. The number of methoxy groups -OCH3 is 1. The van der Waals surface area contributed by atoms with Crippen molar-refractivity contribution in [2.45, 2.75) is 33.6 Å². The second-order valence-electron chi connectivity index (χ2n) is 5.56. The van der Waals surface area contributed by atoms with Gasteiger partial charge in [-0.15, -0.1) is 0 Å². The largest absolute Gasteiger partial charge is 0.497 e. The van der Waals surface area contributed by atoms with Crippen LogP contribution in [0.25, 0.3) is 10.9 Å². The summed E-state index contributed by atoms with van der Waals surface area (Å²) in [5.74, 6) is 2.00. The third-order valence-corrected chi connectivity index (χ3v) is 3.56. The minimum Gasteiger partial charge on any atom is -0.497 e. The van der Waals surface area contributed by atoms with Gasteiger partial charge in [-0.3, -0.25) is 4.79 Å². The topological polar surface area (TPSA) is 51.3 Å². The Labute approximate surface area is 125 Å². The zero-order valence-corrected chi connectivity index (χ0v) is 13.2. The molecule has 0 aliphatic rings. The van der Waals surface area contributed by atoms with E-state index < -0.39 is 0 Å². The average molecular weight is 289 g/mol. The van der Waals surface area contributed by atoms with E-state index in [1.165, 1.54) is 0 Å². The lowest BCUT2D eigenvalue weighted by Gasteiger charge is -2.14. The van der Waals surface area contributed by atoms with Crippen molar-refractivity contribution in [3.63, 3.8) is 0 Å². The maximum absolute atomic E-state index is 12.2. The molecule has 21 heavy (non-hydrogen) atoms. The Bertz CT molecular complexity index is 674. The molecule has 114 valence electrons. The molecule has 0 bridgehead atoms. The average Bonchev–Trinajstić information content (AvgIpc) is 2.46. The number of ether oxygens (including phenoxy) is 2. The van der Waals surface area contributed by atoms with E-state index in [1.807, 2.05) is 25.1 Å². The molecule has 1 aromatic heterocycles. The maximum atomic E-state index is 12.2. The van der Waals surface area contributed by atoms with Crippen LogP contribution in [-0.2, 0) is 6.42 Å². The fraction of sp³-hybridized carbons (Fsp3) is 0.471. The van der Waals surface area contributed by atoms with Crippen LogP contribution in [0.5, 0.6) is 11.5 Å². The third-order valence-electron chi connectivity index (χ3n) is 3.56. The molecule has 0 unspecified atom stereocenters. The molecule has 0 saturated heterocycles. The van der Waals surface area contributed by atoms with E-state index in [1.54, 1.807) is 7.11 Å². The van der Waals surface area contributed by atoms with Crippen molar-refractivity contribution in [1.82, 2.24) is 4.98 Å². The number of H-pyrrole nitrogens is 1. The lowest BCUT2D eigenvalue weighted by atomic mass is 10.1. The summed E-state index contributed by atoms with van der Waals surface area (Å²) in [6.45, 7) is 6.90. The number of nitrogens with one attached hydrogen (secondary N) is 1. The van der Waals surface area contributed by atoms with Crippen LogP contribution in [0.15, 0.2) is 23.0 Å². The molecule has 0 saturated carbocycles. The Morgan fingerprint density at radius 1 is 1.29 bits per heavy atom. The first kappa shape index (κ1) is 15.4. The van der Waals surface area contributed by atoms with Gasteiger partial charge in [0.25, 0.3) is 5.56 Å². The smallest absolute Gasteiger partial charge is 0.255 e. The molecule has 1 aromatic carbocycles. The third kappa shape index (κ3) is 3.38. The minimum atomic E-state index is -0.0854. The predicted octanol–water partition coefficient (Wildman–Crippen LogP) is 3.52.